The fraction of sp³-hybridized carbons (Fsp3) is 0.381. The first-order valence-electron chi connectivity index (χ1n) is 8.40. The van der Waals surface area contributed by atoms with Crippen LogP contribution in [0.25, 0.3) is 0 Å². The van der Waals surface area contributed by atoms with E-state index in [0.29, 0.717) is 12.2 Å². The Balaban J connectivity index is 2.00. The smallest absolute Gasteiger partial charge is 0.154 e. The molecule has 0 atom stereocenters. The van der Waals surface area contributed by atoms with Gasteiger partial charge in [-0.3, -0.25) is 4.79 Å². The lowest BCUT2D eigenvalue weighted by molar-refractivity contribution is 0.0818. The largest absolute Gasteiger partial charge is 0.488 e. The Labute approximate surface area is 143 Å². The number of benzene rings is 2. The molecule has 0 amide bonds. The molecule has 2 aromatic carbocycles. The van der Waals surface area contributed by atoms with Crippen LogP contribution in [0, 0.1) is 13.8 Å². The molecule has 0 radical (unpaired) electrons. The standard InChI is InChI=1S/C21H24O3/c1-14-17-10-11-21(3,4)24-20(17)18(12-22)15(2)19(14)23-13-16-8-6-5-7-9-16/h5-9,12H,10-11,13H2,1-4H3. The fourth-order valence-corrected chi connectivity index (χ4v) is 3.30. The molecule has 0 saturated carbocycles. The van der Waals surface area contributed by atoms with Gasteiger partial charge in [0.1, 0.15) is 23.7 Å². The SMILES string of the molecule is Cc1c(C=O)c2c(c(C)c1OCc1ccccc1)CCC(C)(C)O2. The number of hydrogen-bond donors (Lipinski definition) is 0. The first kappa shape index (κ1) is 16.6. The van der Waals surface area contributed by atoms with Crippen molar-refractivity contribution in [3.05, 3.63) is 58.1 Å². The van der Waals surface area contributed by atoms with Gasteiger partial charge in [0, 0.05) is 11.1 Å². The van der Waals surface area contributed by atoms with E-state index in [2.05, 4.69) is 20.8 Å². The Bertz CT molecular complexity index is 761. The molecule has 3 heteroatoms. The van der Waals surface area contributed by atoms with E-state index in [0.717, 1.165) is 52.9 Å². The Morgan fingerprint density at radius 3 is 2.54 bits per heavy atom. The van der Waals surface area contributed by atoms with Gasteiger partial charge in [-0.2, -0.15) is 0 Å². The molecule has 0 saturated heterocycles. The minimum atomic E-state index is -0.240. The number of carbonyl (C=O) groups is 1. The lowest BCUT2D eigenvalue weighted by Crippen LogP contribution is -2.33. The van der Waals surface area contributed by atoms with Gasteiger partial charge in [0.05, 0.1) is 5.56 Å². The van der Waals surface area contributed by atoms with Crippen LogP contribution >= 0.6 is 0 Å². The zero-order chi connectivity index (χ0) is 17.3. The molecule has 0 unspecified atom stereocenters. The summed E-state index contributed by atoms with van der Waals surface area (Å²) >= 11 is 0. The van der Waals surface area contributed by atoms with Gasteiger partial charge in [0.2, 0.25) is 0 Å². The maximum atomic E-state index is 11.7. The average molecular weight is 324 g/mol. The molecule has 2 aromatic rings. The Hall–Kier alpha value is -2.29. The number of fused-ring (bicyclic) bond motifs is 1. The van der Waals surface area contributed by atoms with Crippen molar-refractivity contribution in [3.8, 4) is 11.5 Å². The molecule has 0 N–H and O–H groups in total. The van der Waals surface area contributed by atoms with Crippen molar-refractivity contribution < 1.29 is 14.3 Å². The molecule has 1 heterocycles. The predicted molar refractivity (Wildman–Crippen MR) is 95.1 cm³/mol. The Morgan fingerprint density at radius 1 is 1.17 bits per heavy atom. The molecule has 3 rings (SSSR count). The number of aldehydes is 1. The molecule has 126 valence electrons. The summed E-state index contributed by atoms with van der Waals surface area (Å²) in [5, 5.41) is 0. The summed E-state index contributed by atoms with van der Waals surface area (Å²) in [6, 6.07) is 10.1. The number of carbonyl (C=O) groups excluding carboxylic acids is 1. The van der Waals surface area contributed by atoms with Crippen LogP contribution in [0.4, 0.5) is 0 Å². The highest BCUT2D eigenvalue weighted by molar-refractivity contribution is 5.85. The molecule has 0 fully saturated rings. The summed E-state index contributed by atoms with van der Waals surface area (Å²) in [5.74, 6) is 1.55. The van der Waals surface area contributed by atoms with E-state index in [9.17, 15) is 4.79 Å². The van der Waals surface area contributed by atoms with E-state index < -0.39 is 0 Å². The van der Waals surface area contributed by atoms with Gasteiger partial charge in [-0.05, 0) is 51.7 Å². The van der Waals surface area contributed by atoms with Gasteiger partial charge in [-0.1, -0.05) is 30.3 Å². The Morgan fingerprint density at radius 2 is 1.88 bits per heavy atom. The maximum absolute atomic E-state index is 11.7. The van der Waals surface area contributed by atoms with Crippen molar-refractivity contribution >= 4 is 6.29 Å². The third kappa shape index (κ3) is 3.03. The van der Waals surface area contributed by atoms with Gasteiger partial charge >= 0.3 is 0 Å². The molecular formula is C21H24O3. The zero-order valence-corrected chi connectivity index (χ0v) is 14.8. The number of ether oxygens (including phenoxy) is 2. The van der Waals surface area contributed by atoms with Crippen molar-refractivity contribution in [2.75, 3.05) is 0 Å². The van der Waals surface area contributed by atoms with Crippen LogP contribution in [0.3, 0.4) is 0 Å². The van der Waals surface area contributed by atoms with Crippen LogP contribution in [0.15, 0.2) is 30.3 Å². The maximum Gasteiger partial charge on any atom is 0.154 e. The van der Waals surface area contributed by atoms with E-state index in [1.807, 2.05) is 37.3 Å². The van der Waals surface area contributed by atoms with Gasteiger partial charge in [0.15, 0.2) is 6.29 Å². The van der Waals surface area contributed by atoms with Crippen molar-refractivity contribution in [2.45, 2.75) is 52.7 Å². The summed E-state index contributed by atoms with van der Waals surface area (Å²) in [7, 11) is 0. The van der Waals surface area contributed by atoms with E-state index >= 15 is 0 Å². The number of rotatable bonds is 4. The van der Waals surface area contributed by atoms with Gasteiger partial charge in [-0.25, -0.2) is 0 Å². The third-order valence-corrected chi connectivity index (χ3v) is 4.76. The summed E-state index contributed by atoms with van der Waals surface area (Å²) in [4.78, 5) is 11.7. The van der Waals surface area contributed by atoms with Gasteiger partial charge in [-0.15, -0.1) is 0 Å². The van der Waals surface area contributed by atoms with Gasteiger partial charge < -0.3 is 9.47 Å². The van der Waals surface area contributed by atoms with Crippen LogP contribution in [-0.2, 0) is 13.0 Å². The summed E-state index contributed by atoms with van der Waals surface area (Å²) < 4.78 is 12.2. The summed E-state index contributed by atoms with van der Waals surface area (Å²) in [6.07, 6.45) is 2.72. The van der Waals surface area contributed by atoms with E-state index in [1.54, 1.807) is 0 Å². The molecule has 0 spiro atoms. The zero-order valence-electron chi connectivity index (χ0n) is 14.8. The van der Waals surface area contributed by atoms with E-state index in [4.69, 9.17) is 9.47 Å². The molecule has 0 bridgehead atoms. The van der Waals surface area contributed by atoms with Crippen molar-refractivity contribution in [1.82, 2.24) is 0 Å². The quantitative estimate of drug-likeness (QED) is 0.758. The minimum absolute atomic E-state index is 0.240. The van der Waals surface area contributed by atoms with Crippen LogP contribution in [0.2, 0.25) is 0 Å². The van der Waals surface area contributed by atoms with Crippen LogP contribution in [0.5, 0.6) is 11.5 Å². The van der Waals surface area contributed by atoms with Crippen LogP contribution in [-0.4, -0.2) is 11.9 Å². The van der Waals surface area contributed by atoms with Crippen LogP contribution < -0.4 is 9.47 Å². The average Bonchev–Trinajstić information content (AvgIpc) is 2.55. The first-order valence-corrected chi connectivity index (χ1v) is 8.40. The minimum Gasteiger partial charge on any atom is -0.488 e. The molecule has 24 heavy (non-hydrogen) atoms. The fourth-order valence-electron chi connectivity index (χ4n) is 3.30. The lowest BCUT2D eigenvalue weighted by atomic mass is 9.88. The molecule has 3 nitrogen and oxygen atoms in total. The number of hydrogen-bond acceptors (Lipinski definition) is 3. The lowest BCUT2D eigenvalue weighted by Gasteiger charge is -2.35. The Kier molecular flexibility index (Phi) is 4.35. The molecule has 0 aromatic heterocycles. The van der Waals surface area contributed by atoms with Crippen molar-refractivity contribution in [3.63, 3.8) is 0 Å². The second kappa shape index (κ2) is 6.31. The third-order valence-electron chi connectivity index (χ3n) is 4.76. The normalized spacial score (nSPS) is 15.3. The van der Waals surface area contributed by atoms with Crippen molar-refractivity contribution in [1.29, 1.82) is 0 Å². The highest BCUT2D eigenvalue weighted by Crippen LogP contribution is 2.43. The molecule has 1 aliphatic heterocycles. The first-order chi connectivity index (χ1) is 11.4. The highest BCUT2D eigenvalue weighted by atomic mass is 16.5. The summed E-state index contributed by atoms with van der Waals surface area (Å²) in [5.41, 5.74) is 4.53. The monoisotopic (exact) mass is 324 g/mol. The molecule has 1 aliphatic rings. The molecular weight excluding hydrogens is 300 g/mol. The van der Waals surface area contributed by atoms with Crippen LogP contribution in [0.1, 0.15) is 52.9 Å². The second-order valence-corrected chi connectivity index (χ2v) is 7.05. The summed E-state index contributed by atoms with van der Waals surface area (Å²) in [6.45, 7) is 8.61. The van der Waals surface area contributed by atoms with E-state index in [1.165, 1.54) is 0 Å². The van der Waals surface area contributed by atoms with Crippen molar-refractivity contribution in [2.24, 2.45) is 0 Å². The topological polar surface area (TPSA) is 35.5 Å². The van der Waals surface area contributed by atoms with E-state index in [-0.39, 0.29) is 5.60 Å². The predicted octanol–water partition coefficient (Wildman–Crippen LogP) is 4.80. The van der Waals surface area contributed by atoms with Gasteiger partial charge in [0.25, 0.3) is 0 Å². The second-order valence-electron chi connectivity index (χ2n) is 7.05. The highest BCUT2D eigenvalue weighted by Gasteiger charge is 2.32. The molecule has 0 aliphatic carbocycles.